The molecule has 0 spiro atoms. The number of aromatic nitrogens is 2. The van der Waals surface area contributed by atoms with Gasteiger partial charge in [0.1, 0.15) is 5.69 Å². The zero-order valence-electron chi connectivity index (χ0n) is 16.0. The van der Waals surface area contributed by atoms with E-state index in [0.717, 1.165) is 29.7 Å². The molecular weight excluding hydrogens is 370 g/mol. The number of aryl methyl sites for hydroxylation is 1. The van der Waals surface area contributed by atoms with E-state index in [4.69, 9.17) is 16.7 Å². The van der Waals surface area contributed by atoms with Crippen LogP contribution in [0.5, 0.6) is 0 Å². The summed E-state index contributed by atoms with van der Waals surface area (Å²) in [5, 5.41) is 8.55. The molecule has 4 nitrogen and oxygen atoms in total. The highest BCUT2D eigenvalue weighted by molar-refractivity contribution is 6.33. The van der Waals surface area contributed by atoms with E-state index in [1.54, 1.807) is 4.68 Å². The highest BCUT2D eigenvalue weighted by atomic mass is 35.5. The predicted octanol–water partition coefficient (Wildman–Crippen LogP) is 5.56. The molecule has 1 aliphatic carbocycles. The monoisotopic (exact) mass is 393 g/mol. The number of halogens is 1. The predicted molar refractivity (Wildman–Crippen MR) is 113 cm³/mol. The number of hydrogen-bond acceptors (Lipinski definition) is 2. The van der Waals surface area contributed by atoms with Gasteiger partial charge in [-0.05, 0) is 44.0 Å². The molecule has 2 aromatic carbocycles. The summed E-state index contributed by atoms with van der Waals surface area (Å²) >= 11 is 6.37. The van der Waals surface area contributed by atoms with Crippen LogP contribution in [0, 0.1) is 6.92 Å². The van der Waals surface area contributed by atoms with Gasteiger partial charge in [-0.2, -0.15) is 5.10 Å². The van der Waals surface area contributed by atoms with Gasteiger partial charge in [-0.1, -0.05) is 66.8 Å². The number of carbonyl (C=O) groups is 1. The first-order valence-corrected chi connectivity index (χ1v) is 10.2. The Morgan fingerprint density at radius 1 is 1.07 bits per heavy atom. The summed E-state index contributed by atoms with van der Waals surface area (Å²) in [6, 6.07) is 17.7. The molecule has 28 heavy (non-hydrogen) atoms. The van der Waals surface area contributed by atoms with Crippen LogP contribution in [0.25, 0.3) is 16.9 Å². The van der Waals surface area contributed by atoms with Crippen molar-refractivity contribution < 1.29 is 4.79 Å². The first-order valence-electron chi connectivity index (χ1n) is 9.85. The maximum atomic E-state index is 13.1. The Morgan fingerprint density at radius 2 is 1.79 bits per heavy atom. The van der Waals surface area contributed by atoms with E-state index in [9.17, 15) is 4.79 Å². The fraction of sp³-hybridized carbons (Fsp3) is 0.304. The van der Waals surface area contributed by atoms with Crippen LogP contribution in [0.2, 0.25) is 5.02 Å². The molecule has 0 unspecified atom stereocenters. The third-order valence-corrected chi connectivity index (χ3v) is 5.64. The molecule has 1 heterocycles. The van der Waals surface area contributed by atoms with Crippen molar-refractivity contribution >= 4 is 17.5 Å². The number of carbonyl (C=O) groups excluding carboxylic acids is 1. The Hall–Kier alpha value is -2.59. The van der Waals surface area contributed by atoms with Crippen LogP contribution in [0.3, 0.4) is 0 Å². The Morgan fingerprint density at radius 3 is 2.50 bits per heavy atom. The average molecular weight is 394 g/mol. The van der Waals surface area contributed by atoms with Crippen molar-refractivity contribution in [2.24, 2.45) is 0 Å². The van der Waals surface area contributed by atoms with Crippen LogP contribution in [-0.2, 0) is 0 Å². The smallest absolute Gasteiger partial charge is 0.270 e. The zero-order chi connectivity index (χ0) is 19.5. The summed E-state index contributed by atoms with van der Waals surface area (Å²) in [6.45, 7) is 2.04. The molecule has 144 valence electrons. The molecule has 1 aliphatic rings. The van der Waals surface area contributed by atoms with Gasteiger partial charge < -0.3 is 5.32 Å². The molecule has 1 saturated carbocycles. The van der Waals surface area contributed by atoms with Gasteiger partial charge in [0, 0.05) is 11.6 Å². The Labute approximate surface area is 170 Å². The van der Waals surface area contributed by atoms with E-state index in [0.29, 0.717) is 16.4 Å². The van der Waals surface area contributed by atoms with Gasteiger partial charge in [0.2, 0.25) is 0 Å². The number of rotatable bonds is 4. The molecule has 0 bridgehead atoms. The van der Waals surface area contributed by atoms with Gasteiger partial charge in [0.25, 0.3) is 5.91 Å². The van der Waals surface area contributed by atoms with Gasteiger partial charge in [0.15, 0.2) is 0 Å². The first-order chi connectivity index (χ1) is 13.6. The fourth-order valence-corrected chi connectivity index (χ4v) is 3.96. The maximum absolute atomic E-state index is 13.1. The summed E-state index contributed by atoms with van der Waals surface area (Å²) < 4.78 is 1.72. The Kier molecular flexibility index (Phi) is 5.49. The van der Waals surface area contributed by atoms with E-state index in [1.807, 2.05) is 61.5 Å². The zero-order valence-corrected chi connectivity index (χ0v) is 16.7. The van der Waals surface area contributed by atoms with Crippen molar-refractivity contribution in [3.05, 3.63) is 70.9 Å². The molecule has 1 aromatic heterocycles. The number of nitrogens with zero attached hydrogens (tertiary/aromatic N) is 2. The van der Waals surface area contributed by atoms with Crippen LogP contribution in [0.1, 0.15) is 48.2 Å². The number of hydrogen-bond donors (Lipinski definition) is 1. The van der Waals surface area contributed by atoms with Crippen molar-refractivity contribution in [3.8, 4) is 16.9 Å². The maximum Gasteiger partial charge on any atom is 0.270 e. The van der Waals surface area contributed by atoms with Crippen molar-refractivity contribution in [2.45, 2.75) is 45.1 Å². The number of nitrogens with one attached hydrogen (secondary N) is 1. The van der Waals surface area contributed by atoms with E-state index < -0.39 is 0 Å². The lowest BCUT2D eigenvalue weighted by Gasteiger charge is -2.22. The minimum absolute atomic E-state index is 0.0849. The van der Waals surface area contributed by atoms with Crippen molar-refractivity contribution in [1.29, 1.82) is 0 Å². The van der Waals surface area contributed by atoms with Crippen LogP contribution in [-0.4, -0.2) is 21.7 Å². The molecule has 1 N–H and O–H groups in total. The van der Waals surface area contributed by atoms with Gasteiger partial charge in [0.05, 0.1) is 16.4 Å². The summed E-state index contributed by atoms with van der Waals surface area (Å²) in [4.78, 5) is 13.1. The van der Waals surface area contributed by atoms with Gasteiger partial charge >= 0.3 is 0 Å². The third-order valence-electron chi connectivity index (χ3n) is 5.31. The number of benzene rings is 2. The lowest BCUT2D eigenvalue weighted by molar-refractivity contribution is 0.0920. The highest BCUT2D eigenvalue weighted by Gasteiger charge is 2.22. The fourth-order valence-electron chi connectivity index (χ4n) is 3.73. The molecule has 0 aliphatic heterocycles. The summed E-state index contributed by atoms with van der Waals surface area (Å²) in [5.41, 5.74) is 4.07. The van der Waals surface area contributed by atoms with Crippen molar-refractivity contribution in [1.82, 2.24) is 15.1 Å². The van der Waals surface area contributed by atoms with Gasteiger partial charge in [-0.3, -0.25) is 4.79 Å². The van der Waals surface area contributed by atoms with Gasteiger partial charge in [-0.15, -0.1) is 0 Å². The SMILES string of the molecule is Cc1ccc(-n2nc(-c3ccccc3Cl)cc2C(=O)NC2CCCCC2)cc1. The highest BCUT2D eigenvalue weighted by Crippen LogP contribution is 2.28. The average Bonchev–Trinajstić information content (AvgIpc) is 3.15. The van der Waals surface area contributed by atoms with Gasteiger partial charge in [-0.25, -0.2) is 4.68 Å². The molecule has 1 fully saturated rings. The minimum atomic E-state index is -0.0849. The molecule has 4 rings (SSSR count). The van der Waals surface area contributed by atoms with Crippen LogP contribution in [0.15, 0.2) is 54.6 Å². The van der Waals surface area contributed by atoms with E-state index >= 15 is 0 Å². The standard InChI is InChI=1S/C23H24ClN3O/c1-16-11-13-18(14-12-16)27-22(23(28)25-17-7-3-2-4-8-17)15-21(26-27)19-9-5-6-10-20(19)24/h5-6,9-15,17H,2-4,7-8H2,1H3,(H,25,28). The van der Waals surface area contributed by atoms with Crippen molar-refractivity contribution in [2.75, 3.05) is 0 Å². The van der Waals surface area contributed by atoms with E-state index in [-0.39, 0.29) is 11.9 Å². The third kappa shape index (κ3) is 3.97. The normalized spacial score (nSPS) is 14.8. The topological polar surface area (TPSA) is 46.9 Å². The second-order valence-corrected chi connectivity index (χ2v) is 7.86. The molecule has 3 aromatic rings. The summed E-state index contributed by atoms with van der Waals surface area (Å²) in [7, 11) is 0. The molecule has 1 amide bonds. The van der Waals surface area contributed by atoms with Crippen LogP contribution in [0.4, 0.5) is 0 Å². The molecule has 0 atom stereocenters. The van der Waals surface area contributed by atoms with E-state index in [1.165, 1.54) is 19.3 Å². The van der Waals surface area contributed by atoms with Crippen LogP contribution < -0.4 is 5.32 Å². The molecule has 5 heteroatoms. The lowest BCUT2D eigenvalue weighted by atomic mass is 9.95. The van der Waals surface area contributed by atoms with Crippen LogP contribution >= 0.6 is 11.6 Å². The Bertz CT molecular complexity index is 972. The molecular formula is C23H24ClN3O. The Balaban J connectivity index is 1.73. The molecule has 0 radical (unpaired) electrons. The first kappa shape index (κ1) is 18.8. The summed E-state index contributed by atoms with van der Waals surface area (Å²) in [6.07, 6.45) is 5.69. The second kappa shape index (κ2) is 8.19. The molecule has 0 saturated heterocycles. The number of amides is 1. The summed E-state index contributed by atoms with van der Waals surface area (Å²) in [5.74, 6) is -0.0849. The minimum Gasteiger partial charge on any atom is -0.348 e. The van der Waals surface area contributed by atoms with E-state index in [2.05, 4.69) is 5.32 Å². The van der Waals surface area contributed by atoms with Crippen molar-refractivity contribution in [3.63, 3.8) is 0 Å². The lowest BCUT2D eigenvalue weighted by Crippen LogP contribution is -2.37. The quantitative estimate of drug-likeness (QED) is 0.630. The largest absolute Gasteiger partial charge is 0.348 e. The second-order valence-electron chi connectivity index (χ2n) is 7.45.